The van der Waals surface area contributed by atoms with Gasteiger partial charge in [0.25, 0.3) is 0 Å². The molecule has 96 valence electrons. The first-order valence-corrected chi connectivity index (χ1v) is 7.40. The zero-order chi connectivity index (χ0) is 12.5. The monoisotopic (exact) mass is 262 g/mol. The van der Waals surface area contributed by atoms with Crippen LogP contribution in [0, 0.1) is 0 Å². The first-order valence-electron chi connectivity index (χ1n) is 6.52. The van der Waals surface area contributed by atoms with Gasteiger partial charge in [-0.15, -0.1) is 11.8 Å². The Balaban J connectivity index is 1.77. The normalized spacial score (nSPS) is 22.3. The lowest BCUT2D eigenvalue weighted by atomic mass is 10.2. The minimum Gasteiger partial charge on any atom is -0.316 e. The van der Waals surface area contributed by atoms with E-state index in [2.05, 4.69) is 23.5 Å². The van der Waals surface area contributed by atoms with E-state index in [1.54, 1.807) is 6.92 Å². The van der Waals surface area contributed by atoms with Gasteiger partial charge in [0, 0.05) is 35.8 Å². The van der Waals surface area contributed by atoms with Gasteiger partial charge in [0.2, 0.25) is 5.91 Å². The number of fused-ring (bicyclic) bond motifs is 1. The Bertz CT molecular complexity index is 469. The molecule has 0 saturated carbocycles. The van der Waals surface area contributed by atoms with E-state index in [9.17, 15) is 4.79 Å². The van der Waals surface area contributed by atoms with E-state index < -0.39 is 0 Å². The fourth-order valence-electron chi connectivity index (χ4n) is 2.70. The fourth-order valence-corrected chi connectivity index (χ4v) is 3.88. The van der Waals surface area contributed by atoms with Crippen molar-refractivity contribution in [2.75, 3.05) is 24.5 Å². The summed E-state index contributed by atoms with van der Waals surface area (Å²) < 4.78 is 0. The molecule has 4 heteroatoms. The molecule has 0 bridgehead atoms. The van der Waals surface area contributed by atoms with Gasteiger partial charge < -0.3 is 10.2 Å². The van der Waals surface area contributed by atoms with E-state index in [1.165, 1.54) is 16.9 Å². The Kier molecular flexibility index (Phi) is 3.31. The number of nitrogens with zero attached hydrogens (tertiary/aromatic N) is 1. The molecule has 1 unspecified atom stereocenters. The van der Waals surface area contributed by atoms with Crippen LogP contribution in [0.1, 0.15) is 18.9 Å². The van der Waals surface area contributed by atoms with Crippen LogP contribution in [0.4, 0.5) is 5.69 Å². The van der Waals surface area contributed by atoms with Crippen LogP contribution < -0.4 is 10.2 Å². The summed E-state index contributed by atoms with van der Waals surface area (Å²) in [5.74, 6) is 0.147. The van der Waals surface area contributed by atoms with Crippen molar-refractivity contribution in [2.45, 2.75) is 29.9 Å². The highest BCUT2D eigenvalue weighted by Gasteiger charge is 2.23. The maximum atomic E-state index is 11.5. The SMILES string of the molecule is CC(=O)N1CCc2cc(SC3CCNC3)ccc21. The molecule has 3 nitrogen and oxygen atoms in total. The highest BCUT2D eigenvalue weighted by Crippen LogP contribution is 2.34. The van der Waals surface area contributed by atoms with Crippen LogP contribution in [0.3, 0.4) is 0 Å². The van der Waals surface area contributed by atoms with Crippen molar-refractivity contribution >= 4 is 23.4 Å². The van der Waals surface area contributed by atoms with Crippen LogP contribution in [-0.2, 0) is 11.2 Å². The van der Waals surface area contributed by atoms with Gasteiger partial charge >= 0.3 is 0 Å². The molecule has 1 N–H and O–H groups in total. The smallest absolute Gasteiger partial charge is 0.223 e. The largest absolute Gasteiger partial charge is 0.316 e. The van der Waals surface area contributed by atoms with Crippen LogP contribution in [-0.4, -0.2) is 30.8 Å². The average Bonchev–Trinajstić information content (AvgIpc) is 2.97. The summed E-state index contributed by atoms with van der Waals surface area (Å²) >= 11 is 1.96. The molecule has 3 rings (SSSR count). The second kappa shape index (κ2) is 4.94. The molecule has 1 aromatic carbocycles. The molecule has 0 spiro atoms. The molecule has 0 aliphatic carbocycles. The summed E-state index contributed by atoms with van der Waals surface area (Å²) in [5.41, 5.74) is 2.43. The predicted molar refractivity (Wildman–Crippen MR) is 75.3 cm³/mol. The topological polar surface area (TPSA) is 32.3 Å². The standard InChI is InChI=1S/C14H18N2OS/c1-10(17)16-7-5-11-8-12(2-3-14(11)16)18-13-4-6-15-9-13/h2-3,8,13,15H,4-7,9H2,1H3. The lowest BCUT2D eigenvalue weighted by Gasteiger charge is -2.15. The lowest BCUT2D eigenvalue weighted by Crippen LogP contribution is -2.25. The van der Waals surface area contributed by atoms with E-state index in [0.29, 0.717) is 5.25 Å². The molecule has 2 heterocycles. The number of anilines is 1. The molecule has 0 radical (unpaired) electrons. The molecule has 2 aliphatic rings. The maximum absolute atomic E-state index is 11.5. The van der Waals surface area contributed by atoms with Crippen molar-refractivity contribution in [3.63, 3.8) is 0 Å². The summed E-state index contributed by atoms with van der Waals surface area (Å²) in [6.07, 6.45) is 2.24. The Labute approximate surface area is 112 Å². The predicted octanol–water partition coefficient (Wildman–Crippen LogP) is 2.05. The number of carbonyl (C=O) groups is 1. The number of nitrogens with one attached hydrogen (secondary N) is 1. The molecule has 1 atom stereocenters. The van der Waals surface area contributed by atoms with Gasteiger partial charge in [-0.2, -0.15) is 0 Å². The number of benzene rings is 1. The number of hydrogen-bond donors (Lipinski definition) is 1. The van der Waals surface area contributed by atoms with Crippen LogP contribution in [0.2, 0.25) is 0 Å². The van der Waals surface area contributed by atoms with Gasteiger partial charge in [-0.05, 0) is 43.1 Å². The Hall–Kier alpha value is -1.00. The van der Waals surface area contributed by atoms with Crippen LogP contribution in [0.5, 0.6) is 0 Å². The van der Waals surface area contributed by atoms with Crippen LogP contribution in [0.25, 0.3) is 0 Å². The zero-order valence-corrected chi connectivity index (χ0v) is 11.4. The van der Waals surface area contributed by atoms with Crippen molar-refractivity contribution in [2.24, 2.45) is 0 Å². The average molecular weight is 262 g/mol. The Morgan fingerprint density at radius 3 is 3.11 bits per heavy atom. The molecular weight excluding hydrogens is 244 g/mol. The molecule has 0 aromatic heterocycles. The quantitative estimate of drug-likeness (QED) is 0.885. The zero-order valence-electron chi connectivity index (χ0n) is 10.6. The third-order valence-electron chi connectivity index (χ3n) is 3.64. The van der Waals surface area contributed by atoms with E-state index in [1.807, 2.05) is 16.7 Å². The first-order chi connectivity index (χ1) is 8.74. The van der Waals surface area contributed by atoms with Gasteiger partial charge in [0.15, 0.2) is 0 Å². The number of hydrogen-bond acceptors (Lipinski definition) is 3. The third kappa shape index (κ3) is 2.27. The van der Waals surface area contributed by atoms with Crippen LogP contribution >= 0.6 is 11.8 Å². The molecule has 1 saturated heterocycles. The third-order valence-corrected chi connectivity index (χ3v) is 4.91. The number of amides is 1. The highest BCUT2D eigenvalue weighted by atomic mass is 32.2. The van der Waals surface area contributed by atoms with Gasteiger partial charge in [0.1, 0.15) is 0 Å². The van der Waals surface area contributed by atoms with Gasteiger partial charge in [-0.3, -0.25) is 4.79 Å². The summed E-state index contributed by atoms with van der Waals surface area (Å²) in [5, 5.41) is 4.10. The van der Waals surface area contributed by atoms with E-state index >= 15 is 0 Å². The molecular formula is C14H18N2OS. The number of carbonyl (C=O) groups excluding carboxylic acids is 1. The van der Waals surface area contributed by atoms with Crippen molar-refractivity contribution in [3.05, 3.63) is 23.8 Å². The molecule has 1 fully saturated rings. The summed E-state index contributed by atoms with van der Waals surface area (Å²) in [6.45, 7) is 4.73. The minimum atomic E-state index is 0.147. The number of thioether (sulfide) groups is 1. The Morgan fingerprint density at radius 2 is 2.39 bits per heavy atom. The second-order valence-electron chi connectivity index (χ2n) is 4.94. The molecule has 18 heavy (non-hydrogen) atoms. The van der Waals surface area contributed by atoms with Crippen molar-refractivity contribution in [1.82, 2.24) is 5.32 Å². The summed E-state index contributed by atoms with van der Waals surface area (Å²) in [6, 6.07) is 6.53. The van der Waals surface area contributed by atoms with Crippen molar-refractivity contribution in [3.8, 4) is 0 Å². The van der Waals surface area contributed by atoms with Gasteiger partial charge in [-0.1, -0.05) is 0 Å². The second-order valence-corrected chi connectivity index (χ2v) is 6.32. The van der Waals surface area contributed by atoms with E-state index in [4.69, 9.17) is 0 Å². The summed E-state index contributed by atoms with van der Waals surface area (Å²) in [7, 11) is 0. The fraction of sp³-hybridized carbons (Fsp3) is 0.500. The highest BCUT2D eigenvalue weighted by molar-refractivity contribution is 8.00. The van der Waals surface area contributed by atoms with E-state index in [-0.39, 0.29) is 5.91 Å². The summed E-state index contributed by atoms with van der Waals surface area (Å²) in [4.78, 5) is 14.7. The minimum absolute atomic E-state index is 0.147. The first kappa shape index (κ1) is 12.1. The maximum Gasteiger partial charge on any atom is 0.223 e. The van der Waals surface area contributed by atoms with Crippen molar-refractivity contribution < 1.29 is 4.79 Å². The lowest BCUT2D eigenvalue weighted by molar-refractivity contribution is -0.116. The molecule has 1 amide bonds. The van der Waals surface area contributed by atoms with Crippen molar-refractivity contribution in [1.29, 1.82) is 0 Å². The van der Waals surface area contributed by atoms with E-state index in [0.717, 1.165) is 31.7 Å². The van der Waals surface area contributed by atoms with Gasteiger partial charge in [-0.25, -0.2) is 0 Å². The number of rotatable bonds is 2. The van der Waals surface area contributed by atoms with Gasteiger partial charge in [0.05, 0.1) is 0 Å². The Morgan fingerprint density at radius 1 is 1.50 bits per heavy atom. The van der Waals surface area contributed by atoms with Crippen LogP contribution in [0.15, 0.2) is 23.1 Å². The molecule has 2 aliphatic heterocycles. The molecule has 1 aromatic rings.